The number of nitrogens with zero attached hydrogens (tertiary/aromatic N) is 2. The smallest absolute Gasteiger partial charge is 0.278 e. The zero-order valence-electron chi connectivity index (χ0n) is 10.6. The van der Waals surface area contributed by atoms with Crippen LogP contribution in [-0.4, -0.2) is 21.1 Å². The van der Waals surface area contributed by atoms with Gasteiger partial charge in [0.15, 0.2) is 5.69 Å². The van der Waals surface area contributed by atoms with E-state index in [1.165, 1.54) is 6.20 Å². The zero-order valence-corrected chi connectivity index (χ0v) is 11.4. The maximum Gasteiger partial charge on any atom is 0.278 e. The van der Waals surface area contributed by atoms with E-state index in [4.69, 9.17) is 17.3 Å². The molecule has 0 saturated heterocycles. The number of amides is 1. The van der Waals surface area contributed by atoms with Crippen LogP contribution >= 0.6 is 11.6 Å². The summed E-state index contributed by atoms with van der Waals surface area (Å²) in [5.41, 5.74) is 8.47. The van der Waals surface area contributed by atoms with Crippen LogP contribution in [0.5, 0.6) is 0 Å². The topological polar surface area (TPSA) is 96.7 Å². The number of aromatic nitrogens is 3. The normalized spacial score (nSPS) is 10.5. The predicted molar refractivity (Wildman–Crippen MR) is 74.3 cm³/mol. The summed E-state index contributed by atoms with van der Waals surface area (Å²) in [6.07, 6.45) is 2.17. The fourth-order valence-corrected chi connectivity index (χ4v) is 1.75. The number of anilines is 2. The zero-order chi connectivity index (χ0) is 14.0. The van der Waals surface area contributed by atoms with Crippen LogP contribution in [0, 0.1) is 6.92 Å². The molecule has 2 aromatic rings. The summed E-state index contributed by atoms with van der Waals surface area (Å²) < 4.78 is 0. The van der Waals surface area contributed by atoms with Gasteiger partial charge >= 0.3 is 0 Å². The Kier molecular flexibility index (Phi) is 3.71. The molecule has 19 heavy (non-hydrogen) atoms. The number of hydrogen-bond acceptors (Lipinski definition) is 4. The highest BCUT2D eigenvalue weighted by Gasteiger charge is 2.16. The van der Waals surface area contributed by atoms with Crippen LogP contribution in [0.3, 0.4) is 0 Å². The molecule has 7 heteroatoms. The van der Waals surface area contributed by atoms with Gasteiger partial charge in [-0.2, -0.15) is 5.10 Å². The Bertz CT molecular complexity index is 623. The lowest BCUT2D eigenvalue weighted by molar-refractivity contribution is 0.102. The molecule has 100 valence electrons. The molecule has 4 N–H and O–H groups in total. The number of hydrogen-bond donors (Lipinski definition) is 3. The molecule has 0 unspecified atom stereocenters. The second kappa shape index (κ2) is 5.27. The van der Waals surface area contributed by atoms with E-state index >= 15 is 0 Å². The molecule has 0 aliphatic carbocycles. The lowest BCUT2D eigenvalue weighted by Gasteiger charge is -2.05. The molecule has 2 aromatic heterocycles. The van der Waals surface area contributed by atoms with Crippen LogP contribution in [0.1, 0.15) is 28.7 Å². The molecule has 6 nitrogen and oxygen atoms in total. The Hall–Kier alpha value is -2.08. The van der Waals surface area contributed by atoms with Gasteiger partial charge in [-0.3, -0.25) is 9.89 Å². The Morgan fingerprint density at radius 1 is 1.58 bits per heavy atom. The molecule has 0 aromatic carbocycles. The summed E-state index contributed by atoms with van der Waals surface area (Å²) in [5.74, 6) is -0.378. The SMILES string of the molecule is CCc1[nH]nc(C(=O)Nc2cnc(Cl)c(C)c2)c1N. The number of nitrogen functional groups attached to an aromatic ring is 1. The van der Waals surface area contributed by atoms with E-state index in [1.807, 2.05) is 13.8 Å². The Balaban J connectivity index is 2.20. The van der Waals surface area contributed by atoms with Crippen molar-refractivity contribution < 1.29 is 4.79 Å². The first-order valence-corrected chi connectivity index (χ1v) is 6.17. The largest absolute Gasteiger partial charge is 0.395 e. The van der Waals surface area contributed by atoms with E-state index in [9.17, 15) is 4.79 Å². The molecule has 0 aliphatic heterocycles. The summed E-state index contributed by atoms with van der Waals surface area (Å²) in [5, 5.41) is 9.74. The van der Waals surface area contributed by atoms with Crippen LogP contribution in [0.25, 0.3) is 0 Å². The second-order valence-corrected chi connectivity index (χ2v) is 4.46. The number of carbonyl (C=O) groups is 1. The number of rotatable bonds is 3. The number of H-pyrrole nitrogens is 1. The van der Waals surface area contributed by atoms with Crippen molar-refractivity contribution in [1.82, 2.24) is 15.2 Å². The highest BCUT2D eigenvalue weighted by molar-refractivity contribution is 6.30. The molecule has 0 atom stereocenters. The molecule has 0 saturated carbocycles. The van der Waals surface area contributed by atoms with Crippen molar-refractivity contribution in [1.29, 1.82) is 0 Å². The minimum atomic E-state index is -0.378. The first-order chi connectivity index (χ1) is 9.02. The molecular formula is C12H14ClN5O. The van der Waals surface area contributed by atoms with Crippen molar-refractivity contribution in [3.8, 4) is 0 Å². The second-order valence-electron chi connectivity index (χ2n) is 4.10. The third-order valence-corrected chi connectivity index (χ3v) is 3.12. The van der Waals surface area contributed by atoms with E-state index in [1.54, 1.807) is 6.07 Å². The van der Waals surface area contributed by atoms with Crippen LogP contribution in [0.2, 0.25) is 5.15 Å². The highest BCUT2D eigenvalue weighted by atomic mass is 35.5. The van der Waals surface area contributed by atoms with Gasteiger partial charge in [-0.25, -0.2) is 4.98 Å². The molecule has 0 bridgehead atoms. The van der Waals surface area contributed by atoms with Gasteiger partial charge < -0.3 is 11.1 Å². The van der Waals surface area contributed by atoms with E-state index < -0.39 is 0 Å². The third-order valence-electron chi connectivity index (χ3n) is 2.72. The van der Waals surface area contributed by atoms with Crippen molar-refractivity contribution >= 4 is 28.9 Å². The van der Waals surface area contributed by atoms with Crippen LogP contribution in [0.15, 0.2) is 12.3 Å². The van der Waals surface area contributed by atoms with Gasteiger partial charge in [0, 0.05) is 0 Å². The van der Waals surface area contributed by atoms with Crippen molar-refractivity contribution in [2.45, 2.75) is 20.3 Å². The number of aromatic amines is 1. The molecule has 0 aliphatic rings. The van der Waals surface area contributed by atoms with Gasteiger partial charge in [-0.15, -0.1) is 0 Å². The summed E-state index contributed by atoms with van der Waals surface area (Å²) in [6, 6.07) is 1.73. The van der Waals surface area contributed by atoms with E-state index in [0.29, 0.717) is 22.9 Å². The fourth-order valence-electron chi connectivity index (χ4n) is 1.65. The van der Waals surface area contributed by atoms with Crippen LogP contribution < -0.4 is 11.1 Å². The standard InChI is InChI=1S/C12H14ClN5O/c1-3-8-9(14)10(18-17-8)12(19)16-7-4-6(2)11(13)15-5-7/h4-5H,3,14H2,1-2H3,(H,16,19)(H,17,18). The number of halogens is 1. The van der Waals surface area contributed by atoms with E-state index in [2.05, 4.69) is 20.5 Å². The van der Waals surface area contributed by atoms with Gasteiger partial charge in [0.05, 0.1) is 23.3 Å². The fraction of sp³-hybridized carbons (Fsp3) is 0.250. The van der Waals surface area contributed by atoms with Crippen molar-refractivity contribution in [2.75, 3.05) is 11.1 Å². The lowest BCUT2D eigenvalue weighted by atomic mass is 10.2. The summed E-state index contributed by atoms with van der Waals surface area (Å²) in [6.45, 7) is 3.74. The highest BCUT2D eigenvalue weighted by Crippen LogP contribution is 2.19. The number of carbonyl (C=O) groups excluding carboxylic acids is 1. The first kappa shape index (κ1) is 13.4. The van der Waals surface area contributed by atoms with Crippen molar-refractivity contribution in [2.24, 2.45) is 0 Å². The number of nitrogens with two attached hydrogens (primary N) is 1. The molecule has 1 amide bonds. The maximum absolute atomic E-state index is 12.0. The molecule has 0 radical (unpaired) electrons. The summed E-state index contributed by atoms with van der Waals surface area (Å²) in [7, 11) is 0. The van der Waals surface area contributed by atoms with Gasteiger partial charge in [0.1, 0.15) is 5.15 Å². The average Bonchev–Trinajstić information content (AvgIpc) is 2.75. The predicted octanol–water partition coefficient (Wildman–Crippen LogP) is 2.16. The summed E-state index contributed by atoms with van der Waals surface area (Å²) >= 11 is 5.82. The minimum absolute atomic E-state index is 0.185. The Labute approximate surface area is 115 Å². The first-order valence-electron chi connectivity index (χ1n) is 5.79. The lowest BCUT2D eigenvalue weighted by Crippen LogP contribution is -2.14. The summed E-state index contributed by atoms with van der Waals surface area (Å²) in [4.78, 5) is 16.0. The third kappa shape index (κ3) is 2.68. The van der Waals surface area contributed by atoms with Gasteiger partial charge in [-0.05, 0) is 25.0 Å². The van der Waals surface area contributed by atoms with Gasteiger partial charge in [-0.1, -0.05) is 18.5 Å². The van der Waals surface area contributed by atoms with E-state index in [-0.39, 0.29) is 11.6 Å². The van der Waals surface area contributed by atoms with E-state index in [0.717, 1.165) is 11.3 Å². The van der Waals surface area contributed by atoms with Crippen LogP contribution in [-0.2, 0) is 6.42 Å². The molecular weight excluding hydrogens is 266 g/mol. The number of aryl methyl sites for hydroxylation is 2. The average molecular weight is 280 g/mol. The van der Waals surface area contributed by atoms with Crippen LogP contribution in [0.4, 0.5) is 11.4 Å². The monoisotopic (exact) mass is 279 g/mol. The Morgan fingerprint density at radius 3 is 2.89 bits per heavy atom. The van der Waals surface area contributed by atoms with Crippen molar-refractivity contribution in [3.05, 3.63) is 34.4 Å². The molecule has 2 heterocycles. The van der Waals surface area contributed by atoms with Gasteiger partial charge in [0.25, 0.3) is 5.91 Å². The Morgan fingerprint density at radius 2 is 2.32 bits per heavy atom. The van der Waals surface area contributed by atoms with Crippen molar-refractivity contribution in [3.63, 3.8) is 0 Å². The number of pyridine rings is 1. The minimum Gasteiger partial charge on any atom is -0.395 e. The molecule has 2 rings (SSSR count). The molecule has 0 spiro atoms. The maximum atomic E-state index is 12.0. The number of nitrogens with one attached hydrogen (secondary N) is 2. The van der Waals surface area contributed by atoms with Gasteiger partial charge in [0.2, 0.25) is 0 Å². The molecule has 0 fully saturated rings. The quantitative estimate of drug-likeness (QED) is 0.750.